The largest absolute Gasteiger partial charge is 0.481 e. The molecule has 1 saturated heterocycles. The molecule has 0 aliphatic carbocycles. The molecular weight excluding hydrogens is 248 g/mol. The molecule has 0 aromatic rings. The second-order valence-corrected chi connectivity index (χ2v) is 5.73. The molecule has 2 N–H and O–H groups in total. The molecule has 108 valence electrons. The Bertz CT molecular complexity index is 379. The first-order valence-electron chi connectivity index (χ1n) is 6.58. The van der Waals surface area contributed by atoms with E-state index in [0.717, 1.165) is 12.8 Å². The van der Waals surface area contributed by atoms with Crippen LogP contribution in [0.4, 0.5) is 4.79 Å². The monoisotopic (exact) mass is 270 g/mol. The van der Waals surface area contributed by atoms with Gasteiger partial charge in [-0.2, -0.15) is 0 Å². The van der Waals surface area contributed by atoms with Crippen molar-refractivity contribution in [1.82, 2.24) is 10.2 Å². The Morgan fingerprint density at radius 2 is 2.00 bits per heavy atom. The molecule has 1 aliphatic rings. The summed E-state index contributed by atoms with van der Waals surface area (Å²) < 4.78 is 0. The van der Waals surface area contributed by atoms with Crippen LogP contribution in [0.3, 0.4) is 0 Å². The summed E-state index contributed by atoms with van der Waals surface area (Å²) in [6, 6.07) is -0.415. The second kappa shape index (κ2) is 6.04. The van der Waals surface area contributed by atoms with Crippen LogP contribution in [0.5, 0.6) is 0 Å². The molecule has 0 bridgehead atoms. The van der Waals surface area contributed by atoms with Gasteiger partial charge in [0.05, 0.1) is 5.41 Å². The molecule has 0 aromatic carbocycles. The summed E-state index contributed by atoms with van der Waals surface area (Å²) in [6.45, 7) is 6.31. The van der Waals surface area contributed by atoms with Gasteiger partial charge in [0.25, 0.3) is 0 Å². The number of carboxylic acids is 1. The van der Waals surface area contributed by atoms with Gasteiger partial charge in [-0.05, 0) is 26.2 Å². The van der Waals surface area contributed by atoms with Crippen molar-refractivity contribution in [1.29, 1.82) is 0 Å². The van der Waals surface area contributed by atoms with Crippen LogP contribution in [0.15, 0.2) is 0 Å². The molecule has 19 heavy (non-hydrogen) atoms. The molecule has 1 fully saturated rings. The van der Waals surface area contributed by atoms with Crippen molar-refractivity contribution in [2.75, 3.05) is 13.1 Å². The van der Waals surface area contributed by atoms with Crippen molar-refractivity contribution < 1.29 is 19.5 Å². The van der Waals surface area contributed by atoms with Gasteiger partial charge < -0.3 is 10.0 Å². The lowest BCUT2D eigenvalue weighted by atomic mass is 9.89. The van der Waals surface area contributed by atoms with Crippen molar-refractivity contribution >= 4 is 17.9 Å². The van der Waals surface area contributed by atoms with Crippen LogP contribution in [0, 0.1) is 11.3 Å². The number of carboxylic acid groups (broad SMARTS) is 1. The smallest absolute Gasteiger partial charge is 0.324 e. The molecule has 1 aliphatic heterocycles. The lowest BCUT2D eigenvalue weighted by Crippen LogP contribution is -2.43. The van der Waals surface area contributed by atoms with Gasteiger partial charge in [0, 0.05) is 19.5 Å². The Labute approximate surface area is 113 Å². The molecule has 0 radical (unpaired) electrons. The molecule has 3 amide bonds. The predicted octanol–water partition coefficient (Wildman–Crippen LogP) is 1.46. The number of hydrogen-bond donors (Lipinski definition) is 2. The van der Waals surface area contributed by atoms with E-state index in [1.54, 1.807) is 4.90 Å². The van der Waals surface area contributed by atoms with Crippen LogP contribution in [0.2, 0.25) is 0 Å². The van der Waals surface area contributed by atoms with Crippen molar-refractivity contribution in [3.05, 3.63) is 0 Å². The third kappa shape index (κ3) is 4.22. The number of imide groups is 1. The lowest BCUT2D eigenvalue weighted by molar-refractivity contribution is -0.149. The standard InChI is InChI=1S/C13H22N2O4/c1-4-9-5-6-15(8-9)12(19)14-10(16)7-13(2,3)11(17)18/h9H,4-8H2,1-3H3,(H,17,18)(H,14,16,19). The summed E-state index contributed by atoms with van der Waals surface area (Å²) in [4.78, 5) is 36.0. The Kier molecular flexibility index (Phi) is 4.91. The van der Waals surface area contributed by atoms with Gasteiger partial charge in [0.2, 0.25) is 5.91 Å². The first kappa shape index (κ1) is 15.5. The van der Waals surface area contributed by atoms with Gasteiger partial charge in [-0.25, -0.2) is 4.79 Å². The number of hydrogen-bond acceptors (Lipinski definition) is 3. The van der Waals surface area contributed by atoms with Crippen molar-refractivity contribution in [2.45, 2.75) is 40.0 Å². The van der Waals surface area contributed by atoms with E-state index in [2.05, 4.69) is 12.2 Å². The molecule has 0 spiro atoms. The number of aliphatic carboxylic acids is 1. The number of nitrogens with one attached hydrogen (secondary N) is 1. The number of urea groups is 1. The quantitative estimate of drug-likeness (QED) is 0.809. The molecule has 1 unspecified atom stereocenters. The van der Waals surface area contributed by atoms with Gasteiger partial charge >= 0.3 is 12.0 Å². The van der Waals surface area contributed by atoms with E-state index in [0.29, 0.717) is 19.0 Å². The minimum Gasteiger partial charge on any atom is -0.481 e. The third-order valence-electron chi connectivity index (χ3n) is 3.58. The van der Waals surface area contributed by atoms with Crippen molar-refractivity contribution in [3.8, 4) is 0 Å². The predicted molar refractivity (Wildman–Crippen MR) is 69.5 cm³/mol. The number of amides is 3. The molecule has 1 heterocycles. The Balaban J connectivity index is 2.45. The van der Waals surface area contributed by atoms with Crippen LogP contribution in [-0.4, -0.2) is 41.0 Å². The number of nitrogens with zero attached hydrogens (tertiary/aromatic N) is 1. The summed E-state index contributed by atoms with van der Waals surface area (Å²) in [7, 11) is 0. The van der Waals surface area contributed by atoms with E-state index < -0.39 is 23.3 Å². The number of carbonyl (C=O) groups excluding carboxylic acids is 2. The number of likely N-dealkylation sites (tertiary alicyclic amines) is 1. The zero-order chi connectivity index (χ0) is 14.6. The zero-order valence-corrected chi connectivity index (χ0v) is 11.7. The van der Waals surface area contributed by atoms with Gasteiger partial charge in [-0.1, -0.05) is 13.3 Å². The normalized spacial score (nSPS) is 19.3. The Hall–Kier alpha value is -1.59. The minimum atomic E-state index is -1.17. The SMILES string of the molecule is CCC1CCN(C(=O)NC(=O)CC(C)(C)C(=O)O)C1. The fourth-order valence-corrected chi connectivity index (χ4v) is 2.07. The zero-order valence-electron chi connectivity index (χ0n) is 11.7. The Morgan fingerprint density at radius 1 is 1.37 bits per heavy atom. The first-order valence-corrected chi connectivity index (χ1v) is 6.58. The van der Waals surface area contributed by atoms with Gasteiger partial charge in [0.1, 0.15) is 0 Å². The van der Waals surface area contributed by atoms with E-state index >= 15 is 0 Å². The fraction of sp³-hybridized carbons (Fsp3) is 0.769. The molecule has 6 nitrogen and oxygen atoms in total. The van der Waals surface area contributed by atoms with E-state index in [-0.39, 0.29) is 6.42 Å². The molecular formula is C13H22N2O4. The Morgan fingerprint density at radius 3 is 2.47 bits per heavy atom. The second-order valence-electron chi connectivity index (χ2n) is 5.73. The summed E-state index contributed by atoms with van der Waals surface area (Å²) >= 11 is 0. The van der Waals surface area contributed by atoms with Crippen LogP contribution in [0.1, 0.15) is 40.0 Å². The maximum atomic E-state index is 11.8. The number of rotatable bonds is 4. The third-order valence-corrected chi connectivity index (χ3v) is 3.58. The average molecular weight is 270 g/mol. The highest BCUT2D eigenvalue weighted by atomic mass is 16.4. The summed E-state index contributed by atoms with van der Waals surface area (Å²) in [5.41, 5.74) is -1.17. The highest BCUT2D eigenvalue weighted by Gasteiger charge is 2.32. The summed E-state index contributed by atoms with van der Waals surface area (Å²) in [5, 5.41) is 11.2. The average Bonchev–Trinajstić information content (AvgIpc) is 2.76. The minimum absolute atomic E-state index is 0.209. The van der Waals surface area contributed by atoms with Crippen molar-refractivity contribution in [2.24, 2.45) is 11.3 Å². The van der Waals surface area contributed by atoms with Crippen molar-refractivity contribution in [3.63, 3.8) is 0 Å². The number of carbonyl (C=O) groups is 3. The van der Waals surface area contributed by atoms with E-state index in [1.807, 2.05) is 0 Å². The molecule has 6 heteroatoms. The van der Waals surface area contributed by atoms with E-state index in [4.69, 9.17) is 5.11 Å². The summed E-state index contributed by atoms with van der Waals surface area (Å²) in [5.74, 6) is -1.10. The van der Waals surface area contributed by atoms with Gasteiger partial charge in [-0.3, -0.25) is 14.9 Å². The first-order chi connectivity index (χ1) is 8.76. The van der Waals surface area contributed by atoms with Crippen LogP contribution in [0.25, 0.3) is 0 Å². The molecule has 1 rings (SSSR count). The molecule has 0 saturated carbocycles. The van der Waals surface area contributed by atoms with Gasteiger partial charge in [0.15, 0.2) is 0 Å². The maximum absolute atomic E-state index is 11.8. The van der Waals surface area contributed by atoms with E-state index in [9.17, 15) is 14.4 Å². The highest BCUT2D eigenvalue weighted by Crippen LogP contribution is 2.21. The van der Waals surface area contributed by atoms with E-state index in [1.165, 1.54) is 13.8 Å². The molecule has 0 aromatic heterocycles. The summed E-state index contributed by atoms with van der Waals surface area (Å²) in [6.07, 6.45) is 1.77. The van der Waals surface area contributed by atoms with Gasteiger partial charge in [-0.15, -0.1) is 0 Å². The van der Waals surface area contributed by atoms with Crippen LogP contribution >= 0.6 is 0 Å². The maximum Gasteiger partial charge on any atom is 0.324 e. The highest BCUT2D eigenvalue weighted by molar-refractivity contribution is 5.96. The molecule has 1 atom stereocenters. The van der Waals surface area contributed by atoms with Crippen LogP contribution < -0.4 is 5.32 Å². The lowest BCUT2D eigenvalue weighted by Gasteiger charge is -2.20. The fourth-order valence-electron chi connectivity index (χ4n) is 2.07. The van der Waals surface area contributed by atoms with Crippen LogP contribution in [-0.2, 0) is 9.59 Å². The topological polar surface area (TPSA) is 86.7 Å².